The molecule has 2 amide bonds. The molecule has 1 aliphatic carbocycles. The van der Waals surface area contributed by atoms with E-state index in [1.807, 2.05) is 48.2 Å². The molecule has 49 heavy (non-hydrogen) atoms. The SMILES string of the molecule is CCOc1cc(C(C)(C)C#N)c(Cl)cc1C1=N[C@@H](C2C=CC(Cl)=CC2)[C@@H](c2ccc(Cl)cc2)N1C(=O)N1CCN(CCCS(C)(=O)=O)CC1. The number of piperazine rings is 1. The minimum Gasteiger partial charge on any atom is -0.493 e. The Bertz CT molecular complexity index is 1800. The number of amidine groups is 1. The summed E-state index contributed by atoms with van der Waals surface area (Å²) >= 11 is 19.6. The van der Waals surface area contributed by atoms with Crippen molar-refractivity contribution >= 4 is 56.5 Å². The number of nitrogens with zero attached hydrogens (tertiary/aromatic N) is 5. The molecule has 0 bridgehead atoms. The van der Waals surface area contributed by atoms with Gasteiger partial charge in [-0.3, -0.25) is 14.8 Å². The molecule has 5 rings (SSSR count). The summed E-state index contributed by atoms with van der Waals surface area (Å²) in [7, 11) is -3.04. The Morgan fingerprint density at radius 1 is 1.10 bits per heavy atom. The van der Waals surface area contributed by atoms with Crippen LogP contribution < -0.4 is 4.74 Å². The number of urea groups is 1. The Morgan fingerprint density at radius 2 is 1.80 bits per heavy atom. The van der Waals surface area contributed by atoms with Crippen LogP contribution in [0.4, 0.5) is 4.79 Å². The number of aliphatic imine (C=N–C) groups is 1. The molecule has 9 nitrogen and oxygen atoms in total. The second-order valence-electron chi connectivity index (χ2n) is 13.3. The second kappa shape index (κ2) is 15.4. The highest BCUT2D eigenvalue weighted by molar-refractivity contribution is 7.90. The third-order valence-electron chi connectivity index (χ3n) is 9.24. The number of ether oxygens (including phenoxy) is 1. The number of halogens is 3. The van der Waals surface area contributed by atoms with Crippen molar-refractivity contribution in [3.63, 3.8) is 0 Å². The van der Waals surface area contributed by atoms with E-state index >= 15 is 0 Å². The molecule has 1 unspecified atom stereocenters. The number of carbonyl (C=O) groups excluding carboxylic acids is 1. The van der Waals surface area contributed by atoms with Gasteiger partial charge in [0.15, 0.2) is 0 Å². The van der Waals surface area contributed by atoms with Crippen molar-refractivity contribution in [1.29, 1.82) is 5.26 Å². The van der Waals surface area contributed by atoms with Crippen molar-refractivity contribution < 1.29 is 17.9 Å². The minimum atomic E-state index is -3.04. The van der Waals surface area contributed by atoms with Gasteiger partial charge in [-0.25, -0.2) is 13.2 Å². The first-order chi connectivity index (χ1) is 23.2. The summed E-state index contributed by atoms with van der Waals surface area (Å²) in [6.45, 7) is 8.65. The molecule has 262 valence electrons. The van der Waals surface area contributed by atoms with Crippen LogP contribution in [-0.2, 0) is 15.3 Å². The zero-order chi connectivity index (χ0) is 35.5. The first-order valence-electron chi connectivity index (χ1n) is 16.5. The first-order valence-corrected chi connectivity index (χ1v) is 19.7. The van der Waals surface area contributed by atoms with E-state index in [0.29, 0.717) is 90.0 Å². The standard InChI is InChI=1S/C36H42Cl3N5O4S/c1-5-48-31-22-29(36(2,3)23-40)30(39)21-28(31)34-41-32(24-7-11-26(37)12-8-24)33(25-9-13-27(38)14-10-25)44(34)35(45)43-18-16-42(17-19-43)15-6-20-49(4,46)47/h7,9-14,21-22,24,32-33H,5-6,8,15-20H2,1-4H3/t24?,32-,33+/m0/s1. The van der Waals surface area contributed by atoms with Gasteiger partial charge in [-0.1, -0.05) is 59.1 Å². The van der Waals surface area contributed by atoms with Crippen molar-refractivity contribution in [2.24, 2.45) is 10.9 Å². The molecule has 1 fully saturated rings. The maximum atomic E-state index is 14.9. The summed E-state index contributed by atoms with van der Waals surface area (Å²) in [5, 5.41) is 11.5. The molecule has 2 heterocycles. The molecule has 0 saturated carbocycles. The molecule has 2 aliphatic heterocycles. The van der Waals surface area contributed by atoms with Gasteiger partial charge in [-0.05, 0) is 81.6 Å². The van der Waals surface area contributed by atoms with Gasteiger partial charge in [0.05, 0.1) is 41.5 Å². The van der Waals surface area contributed by atoms with Gasteiger partial charge in [-0.2, -0.15) is 5.26 Å². The molecular weight excluding hydrogens is 705 g/mol. The van der Waals surface area contributed by atoms with E-state index in [2.05, 4.69) is 17.0 Å². The zero-order valence-electron chi connectivity index (χ0n) is 28.2. The van der Waals surface area contributed by atoms with Crippen molar-refractivity contribution in [2.75, 3.05) is 51.3 Å². The maximum Gasteiger partial charge on any atom is 0.326 e. The molecule has 2 aromatic rings. The number of sulfone groups is 1. The second-order valence-corrected chi connectivity index (χ2v) is 16.8. The number of benzene rings is 2. The number of hydrogen-bond donors (Lipinski definition) is 0. The van der Waals surface area contributed by atoms with Crippen LogP contribution >= 0.6 is 34.8 Å². The van der Waals surface area contributed by atoms with Gasteiger partial charge in [-0.15, -0.1) is 0 Å². The summed E-state index contributed by atoms with van der Waals surface area (Å²) in [4.78, 5) is 26.0. The lowest BCUT2D eigenvalue weighted by Gasteiger charge is -2.39. The molecule has 0 spiro atoms. The average Bonchev–Trinajstić information content (AvgIpc) is 3.46. The van der Waals surface area contributed by atoms with Gasteiger partial charge in [0.1, 0.15) is 21.4 Å². The number of carbonyl (C=O) groups is 1. The first kappa shape index (κ1) is 37.2. The van der Waals surface area contributed by atoms with Crippen LogP contribution in [0.5, 0.6) is 5.75 Å². The molecule has 2 aromatic carbocycles. The van der Waals surface area contributed by atoms with Gasteiger partial charge in [0.25, 0.3) is 0 Å². The fourth-order valence-corrected chi connectivity index (χ4v) is 7.92. The maximum absolute atomic E-state index is 14.9. The van der Waals surface area contributed by atoms with E-state index in [1.54, 1.807) is 30.9 Å². The van der Waals surface area contributed by atoms with E-state index in [4.69, 9.17) is 44.5 Å². The summed E-state index contributed by atoms with van der Waals surface area (Å²) < 4.78 is 29.5. The van der Waals surface area contributed by atoms with Gasteiger partial charge in [0.2, 0.25) is 0 Å². The predicted molar refractivity (Wildman–Crippen MR) is 197 cm³/mol. The van der Waals surface area contributed by atoms with Crippen LogP contribution in [0.25, 0.3) is 0 Å². The third-order valence-corrected chi connectivity index (χ3v) is 11.1. The molecule has 0 N–H and O–H groups in total. The summed E-state index contributed by atoms with van der Waals surface area (Å²) in [5.74, 6) is 0.987. The fraction of sp³-hybridized carbons (Fsp3) is 0.472. The molecular formula is C36H42Cl3N5O4S. The zero-order valence-corrected chi connectivity index (χ0v) is 31.3. The lowest BCUT2D eigenvalue weighted by Crippen LogP contribution is -2.54. The van der Waals surface area contributed by atoms with Gasteiger partial charge in [0, 0.05) is 53.4 Å². The van der Waals surface area contributed by atoms with Crippen molar-refractivity contribution in [3.05, 3.63) is 86.4 Å². The van der Waals surface area contributed by atoms with E-state index in [-0.39, 0.29) is 23.7 Å². The number of nitriles is 1. The van der Waals surface area contributed by atoms with Crippen molar-refractivity contribution in [1.82, 2.24) is 14.7 Å². The van der Waals surface area contributed by atoms with Crippen molar-refractivity contribution in [3.8, 4) is 11.8 Å². The highest BCUT2D eigenvalue weighted by Crippen LogP contribution is 2.44. The summed E-state index contributed by atoms with van der Waals surface area (Å²) in [6, 6.07) is 12.3. The number of allylic oxidation sites excluding steroid dienone is 3. The lowest BCUT2D eigenvalue weighted by atomic mass is 9.85. The highest BCUT2D eigenvalue weighted by atomic mass is 35.5. The van der Waals surface area contributed by atoms with Crippen LogP contribution in [0.2, 0.25) is 10.0 Å². The van der Waals surface area contributed by atoms with E-state index < -0.39 is 21.3 Å². The molecule has 0 radical (unpaired) electrons. The topological polar surface area (TPSA) is 106 Å². The summed E-state index contributed by atoms with van der Waals surface area (Å²) in [5.41, 5.74) is 1.17. The Morgan fingerprint density at radius 3 is 2.39 bits per heavy atom. The summed E-state index contributed by atoms with van der Waals surface area (Å²) in [6.07, 6.45) is 8.33. The molecule has 1 saturated heterocycles. The quantitative estimate of drug-likeness (QED) is 0.254. The van der Waals surface area contributed by atoms with Crippen LogP contribution in [0.1, 0.15) is 56.3 Å². The third kappa shape index (κ3) is 8.63. The van der Waals surface area contributed by atoms with E-state index in [9.17, 15) is 18.5 Å². The Balaban J connectivity index is 1.58. The molecule has 13 heteroatoms. The van der Waals surface area contributed by atoms with Crippen molar-refractivity contribution in [2.45, 2.75) is 51.1 Å². The molecule has 0 aromatic heterocycles. The largest absolute Gasteiger partial charge is 0.493 e. The predicted octanol–water partition coefficient (Wildman–Crippen LogP) is 7.24. The van der Waals surface area contributed by atoms with E-state index in [1.165, 1.54) is 6.26 Å². The number of rotatable bonds is 10. The van der Waals surface area contributed by atoms with Crippen LogP contribution in [0, 0.1) is 17.2 Å². The molecule has 3 atom stereocenters. The molecule has 3 aliphatic rings. The van der Waals surface area contributed by atoms with Gasteiger partial charge >= 0.3 is 6.03 Å². The lowest BCUT2D eigenvalue weighted by molar-refractivity contribution is 0.118. The van der Waals surface area contributed by atoms with Crippen LogP contribution in [-0.4, -0.2) is 92.4 Å². The van der Waals surface area contributed by atoms with Gasteiger partial charge < -0.3 is 9.64 Å². The highest BCUT2D eigenvalue weighted by Gasteiger charge is 2.47. The monoisotopic (exact) mass is 745 g/mol. The van der Waals surface area contributed by atoms with Crippen LogP contribution in [0.3, 0.4) is 0 Å². The number of hydrogen-bond acceptors (Lipinski definition) is 7. The fourth-order valence-electron chi connectivity index (χ4n) is 6.58. The average molecular weight is 747 g/mol. The Labute approximate surface area is 304 Å². The Hall–Kier alpha value is -3.07. The smallest absolute Gasteiger partial charge is 0.326 e. The normalized spacial score (nSPS) is 21.7. The minimum absolute atomic E-state index is 0.0644. The number of amides is 2. The van der Waals surface area contributed by atoms with E-state index in [0.717, 1.165) is 5.56 Å². The van der Waals surface area contributed by atoms with Crippen LogP contribution in [0.15, 0.2) is 64.7 Å². The Kier molecular flexibility index (Phi) is 11.7.